The van der Waals surface area contributed by atoms with Crippen LogP contribution in [0.1, 0.15) is 31.7 Å². The Hall–Kier alpha value is -0.580. The Morgan fingerprint density at radius 2 is 2.22 bits per heavy atom. The molecule has 0 aromatic carbocycles. The van der Waals surface area contributed by atoms with Crippen molar-refractivity contribution in [3.63, 3.8) is 0 Å². The average molecular weight is 272 g/mol. The van der Waals surface area contributed by atoms with Gasteiger partial charge in [0.15, 0.2) is 0 Å². The van der Waals surface area contributed by atoms with Crippen LogP contribution < -0.4 is 0 Å². The molecule has 1 aliphatic heterocycles. The van der Waals surface area contributed by atoms with Gasteiger partial charge in [-0.25, -0.2) is 0 Å². The fourth-order valence-electron chi connectivity index (χ4n) is 2.57. The lowest BCUT2D eigenvalue weighted by Crippen LogP contribution is -2.41. The summed E-state index contributed by atoms with van der Waals surface area (Å²) in [6, 6.07) is 0. The van der Waals surface area contributed by atoms with Crippen molar-refractivity contribution in [2.45, 2.75) is 39.3 Å². The van der Waals surface area contributed by atoms with Gasteiger partial charge in [0.05, 0.1) is 22.5 Å². The van der Waals surface area contributed by atoms with Gasteiger partial charge in [0.1, 0.15) is 0 Å². The van der Waals surface area contributed by atoms with Gasteiger partial charge in [-0.15, -0.1) is 0 Å². The first kappa shape index (κ1) is 13.8. The molecule has 1 saturated heterocycles. The molecule has 0 amide bonds. The summed E-state index contributed by atoms with van der Waals surface area (Å²) in [7, 11) is 1.95. The Bertz CT molecular complexity index is 419. The van der Waals surface area contributed by atoms with Crippen LogP contribution in [0.3, 0.4) is 0 Å². The van der Waals surface area contributed by atoms with Crippen LogP contribution in [0, 0.1) is 5.92 Å². The van der Waals surface area contributed by atoms with Gasteiger partial charge in [0, 0.05) is 26.7 Å². The fourth-order valence-corrected chi connectivity index (χ4v) is 2.92. The number of aromatic nitrogens is 2. The number of likely N-dealkylation sites (tertiary alicyclic amines) is 1. The molecule has 102 valence electrons. The predicted octanol–water partition coefficient (Wildman–Crippen LogP) is 1.84. The molecule has 18 heavy (non-hydrogen) atoms. The van der Waals surface area contributed by atoms with Crippen LogP contribution in [-0.2, 0) is 20.0 Å². The summed E-state index contributed by atoms with van der Waals surface area (Å²) in [6.45, 7) is 6.83. The van der Waals surface area contributed by atoms with Crippen molar-refractivity contribution in [1.82, 2.24) is 14.7 Å². The van der Waals surface area contributed by atoms with E-state index in [1.807, 2.05) is 11.7 Å². The Labute approximate surface area is 114 Å². The Morgan fingerprint density at radius 1 is 1.50 bits per heavy atom. The summed E-state index contributed by atoms with van der Waals surface area (Å²) in [5, 5.41) is 15.0. The third kappa shape index (κ3) is 2.71. The zero-order chi connectivity index (χ0) is 13.3. The van der Waals surface area contributed by atoms with Crippen molar-refractivity contribution >= 4 is 11.6 Å². The Kier molecular flexibility index (Phi) is 4.30. The summed E-state index contributed by atoms with van der Waals surface area (Å²) >= 11 is 6.35. The third-order valence-corrected chi connectivity index (χ3v) is 4.26. The van der Waals surface area contributed by atoms with Gasteiger partial charge in [-0.05, 0) is 18.8 Å². The minimum atomic E-state index is -0.158. The van der Waals surface area contributed by atoms with Gasteiger partial charge in [-0.2, -0.15) is 5.10 Å². The first-order valence-corrected chi connectivity index (χ1v) is 7.01. The molecule has 1 aromatic rings. The van der Waals surface area contributed by atoms with E-state index in [1.54, 1.807) is 0 Å². The minimum absolute atomic E-state index is 0.158. The average Bonchev–Trinajstić information content (AvgIpc) is 2.61. The molecule has 0 spiro atoms. The number of aryl methyl sites for hydroxylation is 2. The highest BCUT2D eigenvalue weighted by Crippen LogP contribution is 2.24. The molecular weight excluding hydrogens is 250 g/mol. The van der Waals surface area contributed by atoms with E-state index in [0.717, 1.165) is 48.9 Å². The molecule has 5 heteroatoms. The van der Waals surface area contributed by atoms with E-state index in [9.17, 15) is 5.11 Å². The second kappa shape index (κ2) is 5.59. The number of aliphatic hydroxyl groups is 1. The molecule has 1 fully saturated rings. The van der Waals surface area contributed by atoms with E-state index in [0.29, 0.717) is 5.92 Å². The van der Waals surface area contributed by atoms with Gasteiger partial charge in [0.2, 0.25) is 0 Å². The van der Waals surface area contributed by atoms with Gasteiger partial charge in [-0.3, -0.25) is 9.58 Å². The molecular formula is C13H22ClN3O. The number of piperidine rings is 1. The van der Waals surface area contributed by atoms with Gasteiger partial charge in [-0.1, -0.05) is 25.4 Å². The number of hydrogen-bond acceptors (Lipinski definition) is 3. The van der Waals surface area contributed by atoms with Crippen molar-refractivity contribution in [2.75, 3.05) is 13.1 Å². The molecule has 4 nitrogen and oxygen atoms in total. The lowest BCUT2D eigenvalue weighted by Gasteiger charge is -2.34. The number of aliphatic hydroxyl groups excluding tert-OH is 1. The molecule has 2 rings (SSSR count). The van der Waals surface area contributed by atoms with E-state index in [4.69, 9.17) is 11.6 Å². The topological polar surface area (TPSA) is 41.3 Å². The highest BCUT2D eigenvalue weighted by molar-refractivity contribution is 6.31. The van der Waals surface area contributed by atoms with Crippen molar-refractivity contribution in [3.8, 4) is 0 Å². The number of halogens is 1. The molecule has 1 N–H and O–H groups in total. The second-order valence-electron chi connectivity index (χ2n) is 5.25. The predicted molar refractivity (Wildman–Crippen MR) is 72.7 cm³/mol. The Balaban J connectivity index is 2.08. The summed E-state index contributed by atoms with van der Waals surface area (Å²) in [5.41, 5.74) is 2.05. The Morgan fingerprint density at radius 3 is 2.78 bits per heavy atom. The van der Waals surface area contributed by atoms with Gasteiger partial charge >= 0.3 is 0 Å². The van der Waals surface area contributed by atoms with E-state index in [1.165, 1.54) is 0 Å². The molecule has 2 atom stereocenters. The van der Waals surface area contributed by atoms with Crippen LogP contribution in [-0.4, -0.2) is 39.0 Å². The van der Waals surface area contributed by atoms with Crippen molar-refractivity contribution < 1.29 is 5.11 Å². The van der Waals surface area contributed by atoms with Gasteiger partial charge in [0.25, 0.3) is 0 Å². The van der Waals surface area contributed by atoms with Crippen molar-refractivity contribution in [3.05, 3.63) is 16.4 Å². The second-order valence-corrected chi connectivity index (χ2v) is 5.63. The van der Waals surface area contributed by atoms with E-state index in [-0.39, 0.29) is 6.10 Å². The molecule has 0 bridgehead atoms. The minimum Gasteiger partial charge on any atom is -0.393 e. The van der Waals surface area contributed by atoms with Crippen molar-refractivity contribution in [2.24, 2.45) is 13.0 Å². The first-order valence-electron chi connectivity index (χ1n) is 6.63. The first-order chi connectivity index (χ1) is 8.52. The van der Waals surface area contributed by atoms with Crippen LogP contribution in [0.25, 0.3) is 0 Å². The maximum absolute atomic E-state index is 9.74. The maximum Gasteiger partial charge on any atom is 0.0863 e. The van der Waals surface area contributed by atoms with Crippen LogP contribution in [0.5, 0.6) is 0 Å². The molecule has 0 aliphatic carbocycles. The van der Waals surface area contributed by atoms with Crippen LogP contribution >= 0.6 is 11.6 Å². The lowest BCUT2D eigenvalue weighted by molar-refractivity contribution is 0.0312. The van der Waals surface area contributed by atoms with E-state index >= 15 is 0 Å². The lowest BCUT2D eigenvalue weighted by atomic mass is 9.97. The summed E-state index contributed by atoms with van der Waals surface area (Å²) in [4.78, 5) is 2.35. The number of nitrogens with zero attached hydrogens (tertiary/aromatic N) is 3. The highest BCUT2D eigenvalue weighted by Gasteiger charge is 2.25. The largest absolute Gasteiger partial charge is 0.393 e. The highest BCUT2D eigenvalue weighted by atomic mass is 35.5. The smallest absolute Gasteiger partial charge is 0.0863 e. The van der Waals surface area contributed by atoms with E-state index in [2.05, 4.69) is 23.8 Å². The standard InChI is InChI=1S/C13H22ClN3O/c1-4-10-13(14)11(16(3)15-10)8-17-6-5-12(18)9(2)7-17/h9,12,18H,4-8H2,1-3H3. The molecule has 0 saturated carbocycles. The van der Waals surface area contributed by atoms with Crippen molar-refractivity contribution in [1.29, 1.82) is 0 Å². The van der Waals surface area contributed by atoms with Crippen LogP contribution in [0.15, 0.2) is 0 Å². The number of rotatable bonds is 3. The summed E-state index contributed by atoms with van der Waals surface area (Å²) in [5.74, 6) is 0.330. The molecule has 2 heterocycles. The van der Waals surface area contributed by atoms with Crippen LogP contribution in [0.2, 0.25) is 5.02 Å². The third-order valence-electron chi connectivity index (χ3n) is 3.82. The quantitative estimate of drug-likeness (QED) is 0.912. The maximum atomic E-state index is 9.74. The molecule has 1 aliphatic rings. The van der Waals surface area contributed by atoms with Crippen LogP contribution in [0.4, 0.5) is 0 Å². The summed E-state index contributed by atoms with van der Waals surface area (Å²) in [6.07, 6.45) is 1.55. The van der Waals surface area contributed by atoms with Gasteiger partial charge < -0.3 is 5.11 Å². The summed E-state index contributed by atoms with van der Waals surface area (Å²) < 4.78 is 1.89. The zero-order valence-electron chi connectivity index (χ0n) is 11.4. The SMILES string of the molecule is CCc1nn(C)c(CN2CCC(O)C(C)C2)c1Cl. The fraction of sp³-hybridized carbons (Fsp3) is 0.769. The zero-order valence-corrected chi connectivity index (χ0v) is 12.1. The molecule has 0 radical (unpaired) electrons. The molecule has 2 unspecified atom stereocenters. The monoisotopic (exact) mass is 271 g/mol. The molecule has 1 aromatic heterocycles. The number of hydrogen-bond donors (Lipinski definition) is 1. The normalized spacial score (nSPS) is 25.6. The van der Waals surface area contributed by atoms with E-state index < -0.39 is 0 Å².